The molecule has 0 saturated heterocycles. The summed E-state index contributed by atoms with van der Waals surface area (Å²) in [5.41, 5.74) is 4.41. The van der Waals surface area contributed by atoms with E-state index in [4.69, 9.17) is 9.47 Å². The molecule has 0 amide bonds. The van der Waals surface area contributed by atoms with Crippen molar-refractivity contribution < 1.29 is 19.0 Å². The number of carbonyl (C=O) groups is 1. The molecule has 3 rings (SSSR count). The summed E-state index contributed by atoms with van der Waals surface area (Å²) in [4.78, 5) is 11.5. The van der Waals surface area contributed by atoms with Crippen LogP contribution in [0.25, 0.3) is 0 Å². The average Bonchev–Trinajstić information content (AvgIpc) is 3.39. The van der Waals surface area contributed by atoms with Gasteiger partial charge in [-0.1, -0.05) is 29.8 Å². The lowest BCUT2D eigenvalue weighted by Crippen LogP contribution is -2.11. The van der Waals surface area contributed by atoms with Gasteiger partial charge < -0.3 is 14.2 Å². The van der Waals surface area contributed by atoms with Crippen molar-refractivity contribution in [2.75, 3.05) is 7.11 Å². The zero-order valence-corrected chi connectivity index (χ0v) is 14.3. The van der Waals surface area contributed by atoms with Crippen molar-refractivity contribution in [1.29, 1.82) is 0 Å². The summed E-state index contributed by atoms with van der Waals surface area (Å²) in [6.07, 6.45) is 1.62. The van der Waals surface area contributed by atoms with Gasteiger partial charge in [0.15, 0.2) is 0 Å². The molecule has 1 aliphatic carbocycles. The quantitative estimate of drug-likeness (QED) is 0.579. The topological polar surface area (TPSA) is 44.8 Å². The molecule has 0 bridgehead atoms. The Kier molecular flexibility index (Phi) is 4.74. The van der Waals surface area contributed by atoms with Crippen LogP contribution in [-0.2, 0) is 11.3 Å². The van der Waals surface area contributed by atoms with Crippen LogP contribution in [0.15, 0.2) is 36.4 Å². The van der Waals surface area contributed by atoms with E-state index in [0.717, 1.165) is 29.7 Å². The Balaban J connectivity index is 1.85. The maximum Gasteiger partial charge on any atom is 0.513 e. The molecule has 2 aromatic carbocycles. The van der Waals surface area contributed by atoms with Gasteiger partial charge in [0.2, 0.25) is 0 Å². The van der Waals surface area contributed by atoms with Crippen molar-refractivity contribution in [3.8, 4) is 11.5 Å². The number of rotatable bonds is 5. The van der Waals surface area contributed by atoms with Gasteiger partial charge in [0.1, 0.15) is 18.1 Å². The third-order valence-electron chi connectivity index (χ3n) is 4.25. The number of carbonyl (C=O) groups excluding carboxylic acids is 1. The van der Waals surface area contributed by atoms with E-state index < -0.39 is 6.16 Å². The third-order valence-corrected chi connectivity index (χ3v) is 4.25. The summed E-state index contributed by atoms with van der Waals surface area (Å²) < 4.78 is 15.9. The Bertz CT molecular complexity index is 747. The molecule has 0 atom stereocenters. The fourth-order valence-corrected chi connectivity index (χ4v) is 2.85. The smallest absolute Gasteiger partial charge is 0.488 e. The molecule has 4 heteroatoms. The molecule has 1 saturated carbocycles. The van der Waals surface area contributed by atoms with Crippen molar-refractivity contribution in [3.63, 3.8) is 0 Å². The number of hydrogen-bond acceptors (Lipinski definition) is 4. The van der Waals surface area contributed by atoms with E-state index in [-0.39, 0.29) is 0 Å². The largest absolute Gasteiger partial charge is 0.513 e. The summed E-state index contributed by atoms with van der Waals surface area (Å²) in [5, 5.41) is 0. The monoisotopic (exact) mass is 326 g/mol. The summed E-state index contributed by atoms with van der Waals surface area (Å²) >= 11 is 0. The summed E-state index contributed by atoms with van der Waals surface area (Å²) in [5.74, 6) is 1.88. The van der Waals surface area contributed by atoms with Crippen LogP contribution in [0.2, 0.25) is 0 Å². The maximum atomic E-state index is 11.5. The summed E-state index contributed by atoms with van der Waals surface area (Å²) in [7, 11) is 1.30. The standard InChI is InChI=1S/C20H22O4/c1-13-7-10-18(14(2)11-13)23-12-17-16(15-8-9-15)5-4-6-19(17)24-20(21)22-3/h4-7,10-11,15H,8-9,12H2,1-3H3. The van der Waals surface area contributed by atoms with Gasteiger partial charge in [0.05, 0.1) is 7.11 Å². The zero-order chi connectivity index (χ0) is 17.1. The van der Waals surface area contributed by atoms with Crippen LogP contribution in [-0.4, -0.2) is 13.3 Å². The molecule has 0 spiro atoms. The fourth-order valence-electron chi connectivity index (χ4n) is 2.85. The van der Waals surface area contributed by atoms with Gasteiger partial charge in [-0.15, -0.1) is 0 Å². The Morgan fingerprint density at radius 3 is 2.58 bits per heavy atom. The van der Waals surface area contributed by atoms with E-state index in [1.54, 1.807) is 6.07 Å². The van der Waals surface area contributed by atoms with E-state index in [0.29, 0.717) is 18.3 Å². The van der Waals surface area contributed by atoms with Gasteiger partial charge in [-0.25, -0.2) is 4.79 Å². The highest BCUT2D eigenvalue weighted by Crippen LogP contribution is 2.44. The first-order valence-corrected chi connectivity index (χ1v) is 8.16. The van der Waals surface area contributed by atoms with Crippen molar-refractivity contribution in [1.82, 2.24) is 0 Å². The van der Waals surface area contributed by atoms with Gasteiger partial charge in [0.25, 0.3) is 0 Å². The van der Waals surface area contributed by atoms with Crippen LogP contribution in [0.1, 0.15) is 41.0 Å². The van der Waals surface area contributed by atoms with Crippen molar-refractivity contribution in [2.45, 2.75) is 39.2 Å². The summed E-state index contributed by atoms with van der Waals surface area (Å²) in [6.45, 7) is 4.45. The Morgan fingerprint density at radius 1 is 1.12 bits per heavy atom. The zero-order valence-electron chi connectivity index (χ0n) is 14.3. The predicted molar refractivity (Wildman–Crippen MR) is 91.7 cm³/mol. The van der Waals surface area contributed by atoms with Gasteiger partial charge >= 0.3 is 6.16 Å². The number of methoxy groups -OCH3 is 1. The average molecular weight is 326 g/mol. The molecule has 4 nitrogen and oxygen atoms in total. The minimum atomic E-state index is -0.712. The van der Waals surface area contributed by atoms with Crippen LogP contribution >= 0.6 is 0 Å². The van der Waals surface area contributed by atoms with Crippen LogP contribution in [0.4, 0.5) is 4.79 Å². The molecule has 2 aromatic rings. The fraction of sp³-hybridized carbons (Fsp3) is 0.350. The first-order chi connectivity index (χ1) is 11.6. The molecule has 1 fully saturated rings. The summed E-state index contributed by atoms with van der Waals surface area (Å²) in [6, 6.07) is 11.9. The normalized spacial score (nSPS) is 13.5. The molecule has 1 aliphatic rings. The maximum absolute atomic E-state index is 11.5. The first kappa shape index (κ1) is 16.4. The van der Waals surface area contributed by atoms with Crippen molar-refractivity contribution in [2.24, 2.45) is 0 Å². The van der Waals surface area contributed by atoms with E-state index >= 15 is 0 Å². The lowest BCUT2D eigenvalue weighted by atomic mass is 10.0. The molecule has 0 radical (unpaired) electrons. The number of ether oxygens (including phenoxy) is 3. The van der Waals surface area contributed by atoms with E-state index in [1.807, 2.05) is 25.1 Å². The highest BCUT2D eigenvalue weighted by atomic mass is 16.7. The number of hydrogen-bond donors (Lipinski definition) is 0. The Labute approximate surface area is 142 Å². The molecular formula is C20H22O4. The lowest BCUT2D eigenvalue weighted by molar-refractivity contribution is 0.120. The van der Waals surface area contributed by atoms with Crippen molar-refractivity contribution >= 4 is 6.16 Å². The van der Waals surface area contributed by atoms with Crippen LogP contribution in [0, 0.1) is 13.8 Å². The second-order valence-corrected chi connectivity index (χ2v) is 6.21. The highest BCUT2D eigenvalue weighted by molar-refractivity contribution is 5.65. The van der Waals surface area contributed by atoms with Crippen LogP contribution in [0.5, 0.6) is 11.5 Å². The van der Waals surface area contributed by atoms with Crippen LogP contribution < -0.4 is 9.47 Å². The number of benzene rings is 2. The van der Waals surface area contributed by atoms with Crippen molar-refractivity contribution in [3.05, 3.63) is 58.7 Å². The van der Waals surface area contributed by atoms with Gasteiger partial charge in [-0.2, -0.15) is 0 Å². The van der Waals surface area contributed by atoms with E-state index in [2.05, 4.69) is 23.8 Å². The second-order valence-electron chi connectivity index (χ2n) is 6.21. The molecule has 0 aliphatic heterocycles. The van der Waals surface area contributed by atoms with Gasteiger partial charge in [-0.3, -0.25) is 0 Å². The molecule has 126 valence electrons. The SMILES string of the molecule is COC(=O)Oc1cccc(C2CC2)c1COc1ccc(C)cc1C. The Morgan fingerprint density at radius 2 is 1.92 bits per heavy atom. The third kappa shape index (κ3) is 3.70. The predicted octanol–water partition coefficient (Wildman–Crippen LogP) is 4.91. The molecule has 0 heterocycles. The number of aryl methyl sites for hydroxylation is 2. The Hall–Kier alpha value is -2.49. The molecule has 0 unspecified atom stereocenters. The molecule has 0 aromatic heterocycles. The van der Waals surface area contributed by atoms with Gasteiger partial charge in [-0.05, 0) is 55.9 Å². The minimum Gasteiger partial charge on any atom is -0.488 e. The minimum absolute atomic E-state index is 0.364. The van der Waals surface area contributed by atoms with E-state index in [1.165, 1.54) is 18.2 Å². The molecule has 0 N–H and O–H groups in total. The highest BCUT2D eigenvalue weighted by Gasteiger charge is 2.28. The molecular weight excluding hydrogens is 304 g/mol. The van der Waals surface area contributed by atoms with E-state index in [9.17, 15) is 4.79 Å². The van der Waals surface area contributed by atoms with Crippen LogP contribution in [0.3, 0.4) is 0 Å². The lowest BCUT2D eigenvalue weighted by Gasteiger charge is -2.16. The molecule has 24 heavy (non-hydrogen) atoms. The first-order valence-electron chi connectivity index (χ1n) is 8.16. The second kappa shape index (κ2) is 6.95. The van der Waals surface area contributed by atoms with Gasteiger partial charge in [0, 0.05) is 5.56 Å².